The van der Waals surface area contributed by atoms with E-state index in [0.29, 0.717) is 6.54 Å². The molecule has 7 heteroatoms. The first kappa shape index (κ1) is 16.8. The van der Waals surface area contributed by atoms with Crippen molar-refractivity contribution in [2.24, 2.45) is 0 Å². The van der Waals surface area contributed by atoms with E-state index in [-0.39, 0.29) is 16.1 Å². The highest BCUT2D eigenvalue weighted by Gasteiger charge is 2.33. The summed E-state index contributed by atoms with van der Waals surface area (Å²) in [5, 5.41) is 5.43. The first-order valence-corrected chi connectivity index (χ1v) is 6.96. The summed E-state index contributed by atoms with van der Waals surface area (Å²) in [4.78, 5) is 11.6. The van der Waals surface area contributed by atoms with Gasteiger partial charge in [-0.2, -0.15) is 13.2 Å². The molecule has 0 heterocycles. The van der Waals surface area contributed by atoms with Crippen molar-refractivity contribution in [1.29, 1.82) is 0 Å². The zero-order valence-electron chi connectivity index (χ0n) is 11.1. The Balaban J connectivity index is 2.81. The summed E-state index contributed by atoms with van der Waals surface area (Å²) in [6, 6.07) is 3.17. The number of nitrogens with one attached hydrogen (secondary N) is 2. The quantitative estimate of drug-likeness (QED) is 0.846. The third-order valence-corrected chi connectivity index (χ3v) is 3.29. The zero-order valence-corrected chi connectivity index (χ0v) is 12.7. The van der Waals surface area contributed by atoms with Crippen molar-refractivity contribution in [2.45, 2.75) is 32.5 Å². The number of carbonyl (C=O) groups excluding carboxylic acids is 1. The molecule has 1 aromatic rings. The second-order valence-electron chi connectivity index (χ2n) is 4.35. The van der Waals surface area contributed by atoms with Gasteiger partial charge in [0, 0.05) is 16.7 Å². The van der Waals surface area contributed by atoms with Gasteiger partial charge in [0.2, 0.25) is 5.91 Å². The van der Waals surface area contributed by atoms with Gasteiger partial charge in [-0.3, -0.25) is 4.79 Å². The fourth-order valence-electron chi connectivity index (χ4n) is 1.55. The van der Waals surface area contributed by atoms with Crippen LogP contribution >= 0.6 is 15.9 Å². The number of rotatable bonds is 5. The molecule has 20 heavy (non-hydrogen) atoms. The molecule has 112 valence electrons. The van der Waals surface area contributed by atoms with Gasteiger partial charge in [-0.05, 0) is 31.5 Å². The molecule has 0 aliphatic heterocycles. The van der Waals surface area contributed by atoms with E-state index in [1.165, 1.54) is 12.1 Å². The molecule has 1 unspecified atom stereocenters. The van der Waals surface area contributed by atoms with Crippen LogP contribution in [0.3, 0.4) is 0 Å². The Morgan fingerprint density at radius 1 is 1.40 bits per heavy atom. The Morgan fingerprint density at radius 2 is 2.05 bits per heavy atom. The van der Waals surface area contributed by atoms with Crippen LogP contribution in [0.25, 0.3) is 0 Å². The molecule has 1 amide bonds. The van der Waals surface area contributed by atoms with Crippen LogP contribution in [0.15, 0.2) is 22.7 Å². The number of hydrogen-bond acceptors (Lipinski definition) is 2. The Bertz CT molecular complexity index is 477. The zero-order chi connectivity index (χ0) is 15.3. The summed E-state index contributed by atoms with van der Waals surface area (Å²) < 4.78 is 38.2. The van der Waals surface area contributed by atoms with Gasteiger partial charge in [-0.1, -0.05) is 22.9 Å². The lowest BCUT2D eigenvalue weighted by atomic mass is 10.1. The first-order chi connectivity index (χ1) is 9.25. The van der Waals surface area contributed by atoms with E-state index in [1.807, 2.05) is 6.92 Å². The number of halogens is 4. The molecule has 2 N–H and O–H groups in total. The maximum Gasteiger partial charge on any atom is 0.417 e. The van der Waals surface area contributed by atoms with Crippen LogP contribution in [0.1, 0.15) is 25.8 Å². The third kappa shape index (κ3) is 4.70. The Labute approximate surface area is 124 Å². The van der Waals surface area contributed by atoms with Gasteiger partial charge in [0.1, 0.15) is 6.04 Å². The molecular formula is C13H16BrF3N2O. The smallest absolute Gasteiger partial charge is 0.374 e. The van der Waals surface area contributed by atoms with E-state index >= 15 is 0 Å². The van der Waals surface area contributed by atoms with Crippen molar-refractivity contribution in [2.75, 3.05) is 11.9 Å². The van der Waals surface area contributed by atoms with E-state index in [4.69, 9.17) is 0 Å². The molecule has 0 aliphatic rings. The average molecular weight is 353 g/mol. The van der Waals surface area contributed by atoms with Crippen LogP contribution in [0, 0.1) is 0 Å². The average Bonchev–Trinajstić information content (AvgIpc) is 2.36. The predicted molar refractivity (Wildman–Crippen MR) is 75.5 cm³/mol. The second kappa shape index (κ2) is 6.97. The maximum absolute atomic E-state index is 12.8. The summed E-state index contributed by atoms with van der Waals surface area (Å²) in [6.45, 7) is 4.06. The minimum Gasteiger partial charge on any atom is -0.374 e. The Hall–Kier alpha value is -1.24. The molecule has 0 saturated heterocycles. The van der Waals surface area contributed by atoms with Crippen molar-refractivity contribution in [3.05, 3.63) is 28.2 Å². The molecule has 0 aliphatic carbocycles. The van der Waals surface area contributed by atoms with Crippen molar-refractivity contribution >= 4 is 27.5 Å². The van der Waals surface area contributed by atoms with Gasteiger partial charge in [0.25, 0.3) is 0 Å². The van der Waals surface area contributed by atoms with Crippen LogP contribution < -0.4 is 10.6 Å². The lowest BCUT2D eigenvalue weighted by Gasteiger charge is -2.17. The first-order valence-electron chi connectivity index (χ1n) is 6.16. The minimum absolute atomic E-state index is 0.0290. The molecule has 0 bridgehead atoms. The SMILES string of the molecule is CCCNC(=O)C(C)Nc1ccc(Br)c(C(F)(F)F)c1. The highest BCUT2D eigenvalue weighted by atomic mass is 79.9. The highest BCUT2D eigenvalue weighted by molar-refractivity contribution is 9.10. The molecule has 1 aromatic carbocycles. The maximum atomic E-state index is 12.8. The molecule has 0 radical (unpaired) electrons. The molecule has 3 nitrogen and oxygen atoms in total. The van der Waals surface area contributed by atoms with E-state index in [9.17, 15) is 18.0 Å². The van der Waals surface area contributed by atoms with Crippen LogP contribution in [0.2, 0.25) is 0 Å². The topological polar surface area (TPSA) is 41.1 Å². The van der Waals surface area contributed by atoms with Crippen LogP contribution in [0.4, 0.5) is 18.9 Å². The standard InChI is InChI=1S/C13H16BrF3N2O/c1-3-6-18-12(20)8(2)19-9-4-5-11(14)10(7-9)13(15,16)17/h4-5,7-8,19H,3,6H2,1-2H3,(H,18,20). The van der Waals surface area contributed by atoms with Crippen molar-refractivity contribution in [1.82, 2.24) is 5.32 Å². The van der Waals surface area contributed by atoms with Gasteiger partial charge in [-0.15, -0.1) is 0 Å². The van der Waals surface area contributed by atoms with Crippen LogP contribution in [0.5, 0.6) is 0 Å². The molecule has 0 saturated carbocycles. The van der Waals surface area contributed by atoms with Crippen molar-refractivity contribution in [3.63, 3.8) is 0 Å². The number of amides is 1. The molecule has 1 rings (SSSR count). The summed E-state index contributed by atoms with van der Waals surface area (Å²) in [6.07, 6.45) is -3.64. The summed E-state index contributed by atoms with van der Waals surface area (Å²) in [5.41, 5.74) is -0.525. The molecule has 0 spiro atoms. The molecular weight excluding hydrogens is 337 g/mol. The van der Waals surface area contributed by atoms with Gasteiger partial charge >= 0.3 is 6.18 Å². The van der Waals surface area contributed by atoms with Crippen molar-refractivity contribution in [3.8, 4) is 0 Å². The largest absolute Gasteiger partial charge is 0.417 e. The summed E-state index contributed by atoms with van der Waals surface area (Å²) >= 11 is 2.87. The lowest BCUT2D eigenvalue weighted by Crippen LogP contribution is -2.37. The minimum atomic E-state index is -4.44. The van der Waals surface area contributed by atoms with Gasteiger partial charge in [0.15, 0.2) is 0 Å². The number of benzene rings is 1. The second-order valence-corrected chi connectivity index (χ2v) is 5.20. The van der Waals surface area contributed by atoms with Gasteiger partial charge < -0.3 is 10.6 Å². The fraction of sp³-hybridized carbons (Fsp3) is 0.462. The number of anilines is 1. The van der Waals surface area contributed by atoms with Crippen LogP contribution in [-0.4, -0.2) is 18.5 Å². The van der Waals surface area contributed by atoms with Crippen LogP contribution in [-0.2, 0) is 11.0 Å². The highest BCUT2D eigenvalue weighted by Crippen LogP contribution is 2.36. The predicted octanol–water partition coefficient (Wildman–Crippen LogP) is 3.79. The molecule has 0 fully saturated rings. The summed E-state index contributed by atoms with van der Waals surface area (Å²) in [5.74, 6) is -0.247. The van der Waals surface area contributed by atoms with E-state index in [1.54, 1.807) is 6.92 Å². The van der Waals surface area contributed by atoms with Crippen molar-refractivity contribution < 1.29 is 18.0 Å². The number of hydrogen-bond donors (Lipinski definition) is 2. The van der Waals surface area contributed by atoms with Gasteiger partial charge in [-0.25, -0.2) is 0 Å². The normalized spacial score (nSPS) is 12.9. The molecule has 0 aromatic heterocycles. The number of carbonyl (C=O) groups is 1. The monoisotopic (exact) mass is 352 g/mol. The van der Waals surface area contributed by atoms with E-state index in [0.717, 1.165) is 12.5 Å². The van der Waals surface area contributed by atoms with E-state index < -0.39 is 17.8 Å². The van der Waals surface area contributed by atoms with E-state index in [2.05, 4.69) is 26.6 Å². The molecule has 1 atom stereocenters. The third-order valence-electron chi connectivity index (χ3n) is 2.60. The summed E-state index contributed by atoms with van der Waals surface area (Å²) in [7, 11) is 0. The number of alkyl halides is 3. The Kier molecular flexibility index (Phi) is 5.86. The van der Waals surface area contributed by atoms with Gasteiger partial charge in [0.05, 0.1) is 5.56 Å². The lowest BCUT2D eigenvalue weighted by molar-refractivity contribution is -0.138. The fourth-order valence-corrected chi connectivity index (χ4v) is 2.02. The Morgan fingerprint density at radius 3 is 2.60 bits per heavy atom.